The van der Waals surface area contributed by atoms with E-state index in [9.17, 15) is 4.79 Å². The quantitative estimate of drug-likeness (QED) is 0.631. The molecule has 2 rings (SSSR count). The van der Waals surface area contributed by atoms with Gasteiger partial charge in [0.25, 0.3) is 5.91 Å². The number of nitrogens with two attached hydrogens (primary N) is 1. The fourth-order valence-electron chi connectivity index (χ4n) is 2.53. The van der Waals surface area contributed by atoms with Crippen LogP contribution in [0.15, 0.2) is 12.1 Å². The maximum Gasteiger partial charge on any atom is 0.254 e. The molecule has 1 saturated carbocycles. The summed E-state index contributed by atoms with van der Waals surface area (Å²) in [5.41, 5.74) is 3.92. The van der Waals surface area contributed by atoms with Crippen molar-refractivity contribution in [2.24, 2.45) is 5.84 Å². The second-order valence-electron chi connectivity index (χ2n) is 4.88. The molecule has 98 valence electrons. The molecule has 1 aliphatic carbocycles. The van der Waals surface area contributed by atoms with E-state index in [2.05, 4.69) is 10.4 Å². The van der Waals surface area contributed by atoms with Crippen molar-refractivity contribution in [1.82, 2.24) is 9.88 Å². The number of hydrogen-bond acceptors (Lipinski definition) is 4. The summed E-state index contributed by atoms with van der Waals surface area (Å²) in [5, 5.41) is 0. The third-order valence-electron chi connectivity index (χ3n) is 3.54. The summed E-state index contributed by atoms with van der Waals surface area (Å²) in [7, 11) is 1.88. The van der Waals surface area contributed by atoms with Gasteiger partial charge in [-0.3, -0.25) is 4.79 Å². The number of aromatic nitrogens is 1. The molecule has 5 nitrogen and oxygen atoms in total. The van der Waals surface area contributed by atoms with E-state index in [1.54, 1.807) is 12.1 Å². The first kappa shape index (κ1) is 12.8. The average Bonchev–Trinajstić information content (AvgIpc) is 2.90. The molecule has 1 aliphatic rings. The lowest BCUT2D eigenvalue weighted by Gasteiger charge is -2.24. The standard InChI is InChI=1S/C13H20N4O/c1-9-7-10(8-12(15-9)16-14)13(18)17(2)11-5-3-4-6-11/h7-8,11H,3-6,14H2,1-2H3,(H,15,16). The Morgan fingerprint density at radius 2 is 2.11 bits per heavy atom. The predicted molar refractivity (Wildman–Crippen MR) is 71.1 cm³/mol. The van der Waals surface area contributed by atoms with E-state index in [1.807, 2.05) is 18.9 Å². The summed E-state index contributed by atoms with van der Waals surface area (Å²) >= 11 is 0. The van der Waals surface area contributed by atoms with Gasteiger partial charge in [0.15, 0.2) is 0 Å². The van der Waals surface area contributed by atoms with Crippen molar-refractivity contribution in [3.8, 4) is 0 Å². The van der Waals surface area contributed by atoms with Gasteiger partial charge in [0.2, 0.25) is 0 Å². The highest BCUT2D eigenvalue weighted by Gasteiger charge is 2.24. The Bertz CT molecular complexity index is 441. The van der Waals surface area contributed by atoms with E-state index in [1.165, 1.54) is 12.8 Å². The maximum absolute atomic E-state index is 12.4. The molecule has 0 atom stereocenters. The minimum Gasteiger partial charge on any atom is -0.339 e. The number of pyridine rings is 1. The topological polar surface area (TPSA) is 71.2 Å². The Morgan fingerprint density at radius 3 is 2.72 bits per heavy atom. The monoisotopic (exact) mass is 248 g/mol. The van der Waals surface area contributed by atoms with E-state index in [0.717, 1.165) is 18.5 Å². The number of anilines is 1. The second-order valence-corrected chi connectivity index (χ2v) is 4.88. The van der Waals surface area contributed by atoms with Gasteiger partial charge < -0.3 is 10.3 Å². The summed E-state index contributed by atoms with van der Waals surface area (Å²) in [6.45, 7) is 1.85. The van der Waals surface area contributed by atoms with Gasteiger partial charge in [0, 0.05) is 24.3 Å². The zero-order valence-corrected chi connectivity index (χ0v) is 10.9. The number of carbonyl (C=O) groups is 1. The fraction of sp³-hybridized carbons (Fsp3) is 0.538. The van der Waals surface area contributed by atoms with Gasteiger partial charge in [-0.1, -0.05) is 12.8 Å². The SMILES string of the molecule is Cc1cc(C(=O)N(C)C2CCCC2)cc(NN)n1. The fourth-order valence-corrected chi connectivity index (χ4v) is 2.53. The Hall–Kier alpha value is -1.62. The zero-order chi connectivity index (χ0) is 13.1. The van der Waals surface area contributed by atoms with Crippen LogP contribution in [0.5, 0.6) is 0 Å². The summed E-state index contributed by atoms with van der Waals surface area (Å²) in [6.07, 6.45) is 4.64. The average molecular weight is 248 g/mol. The molecule has 0 bridgehead atoms. The molecule has 0 aromatic carbocycles. The van der Waals surface area contributed by atoms with Crippen LogP contribution in [-0.4, -0.2) is 28.9 Å². The first-order valence-corrected chi connectivity index (χ1v) is 6.34. The van der Waals surface area contributed by atoms with Crippen molar-refractivity contribution in [3.63, 3.8) is 0 Å². The van der Waals surface area contributed by atoms with Crippen LogP contribution in [0.1, 0.15) is 41.7 Å². The lowest BCUT2D eigenvalue weighted by atomic mass is 10.1. The second kappa shape index (κ2) is 5.35. The van der Waals surface area contributed by atoms with E-state index < -0.39 is 0 Å². The molecule has 1 amide bonds. The van der Waals surface area contributed by atoms with Gasteiger partial charge in [-0.2, -0.15) is 0 Å². The molecule has 1 aromatic heterocycles. The van der Waals surface area contributed by atoms with E-state index in [0.29, 0.717) is 17.4 Å². The molecule has 1 fully saturated rings. The van der Waals surface area contributed by atoms with Crippen molar-refractivity contribution in [1.29, 1.82) is 0 Å². The Labute approximate surface area is 107 Å². The van der Waals surface area contributed by atoms with E-state index in [-0.39, 0.29) is 5.91 Å². The van der Waals surface area contributed by atoms with Crippen molar-refractivity contribution < 1.29 is 4.79 Å². The lowest BCUT2D eigenvalue weighted by molar-refractivity contribution is 0.0735. The van der Waals surface area contributed by atoms with Crippen LogP contribution in [0.25, 0.3) is 0 Å². The summed E-state index contributed by atoms with van der Waals surface area (Å²) in [4.78, 5) is 18.4. The smallest absolute Gasteiger partial charge is 0.254 e. The number of nitrogens with zero attached hydrogens (tertiary/aromatic N) is 2. The molecule has 0 radical (unpaired) electrons. The third-order valence-corrected chi connectivity index (χ3v) is 3.54. The summed E-state index contributed by atoms with van der Waals surface area (Å²) in [5.74, 6) is 5.92. The molecule has 1 aromatic rings. The number of nitrogens with one attached hydrogen (secondary N) is 1. The van der Waals surface area contributed by atoms with E-state index >= 15 is 0 Å². The van der Waals surface area contributed by atoms with Gasteiger partial charge in [-0.05, 0) is 31.9 Å². The Balaban J connectivity index is 2.19. The number of amides is 1. The molecule has 18 heavy (non-hydrogen) atoms. The van der Waals surface area contributed by atoms with Crippen LogP contribution in [0.2, 0.25) is 0 Å². The molecule has 0 aliphatic heterocycles. The molecule has 1 heterocycles. The first-order chi connectivity index (χ1) is 8.61. The summed E-state index contributed by atoms with van der Waals surface area (Å²) < 4.78 is 0. The third kappa shape index (κ3) is 2.61. The van der Waals surface area contributed by atoms with Gasteiger partial charge >= 0.3 is 0 Å². The largest absolute Gasteiger partial charge is 0.339 e. The Kier molecular flexibility index (Phi) is 3.81. The van der Waals surface area contributed by atoms with Crippen molar-refractivity contribution >= 4 is 11.7 Å². The molecule has 0 saturated heterocycles. The van der Waals surface area contributed by atoms with Gasteiger partial charge in [-0.15, -0.1) is 0 Å². The molecule has 5 heteroatoms. The highest BCUT2D eigenvalue weighted by atomic mass is 16.2. The van der Waals surface area contributed by atoms with Crippen LogP contribution in [0, 0.1) is 6.92 Å². The van der Waals surface area contributed by atoms with E-state index in [4.69, 9.17) is 5.84 Å². The van der Waals surface area contributed by atoms with Crippen LogP contribution in [0.3, 0.4) is 0 Å². The number of hydrazine groups is 1. The van der Waals surface area contributed by atoms with Crippen molar-refractivity contribution in [3.05, 3.63) is 23.4 Å². The van der Waals surface area contributed by atoms with Gasteiger partial charge in [0.05, 0.1) is 0 Å². The number of hydrogen-bond donors (Lipinski definition) is 2. The molecular formula is C13H20N4O. The van der Waals surface area contributed by atoms with Gasteiger partial charge in [0.1, 0.15) is 5.82 Å². The maximum atomic E-state index is 12.4. The first-order valence-electron chi connectivity index (χ1n) is 6.34. The number of rotatable bonds is 3. The number of nitrogen functional groups attached to an aromatic ring is 1. The zero-order valence-electron chi connectivity index (χ0n) is 10.9. The van der Waals surface area contributed by atoms with Crippen LogP contribution >= 0.6 is 0 Å². The highest BCUT2D eigenvalue weighted by molar-refractivity contribution is 5.95. The van der Waals surface area contributed by atoms with Gasteiger partial charge in [-0.25, -0.2) is 10.8 Å². The van der Waals surface area contributed by atoms with Crippen LogP contribution in [-0.2, 0) is 0 Å². The molecule has 3 N–H and O–H groups in total. The van der Waals surface area contributed by atoms with Crippen molar-refractivity contribution in [2.75, 3.05) is 12.5 Å². The molecule has 0 spiro atoms. The summed E-state index contributed by atoms with van der Waals surface area (Å²) in [6, 6.07) is 3.87. The minimum absolute atomic E-state index is 0.0453. The predicted octanol–water partition coefficient (Wildman–Crippen LogP) is 1.69. The number of aryl methyl sites for hydroxylation is 1. The normalized spacial score (nSPS) is 15.7. The Morgan fingerprint density at radius 1 is 1.44 bits per heavy atom. The highest BCUT2D eigenvalue weighted by Crippen LogP contribution is 2.24. The minimum atomic E-state index is 0.0453. The lowest BCUT2D eigenvalue weighted by Crippen LogP contribution is -2.35. The van der Waals surface area contributed by atoms with Crippen LogP contribution < -0.4 is 11.3 Å². The van der Waals surface area contributed by atoms with Crippen LogP contribution in [0.4, 0.5) is 5.82 Å². The number of carbonyl (C=O) groups excluding carboxylic acids is 1. The molecular weight excluding hydrogens is 228 g/mol. The molecule has 0 unspecified atom stereocenters. The van der Waals surface area contributed by atoms with Crippen molar-refractivity contribution in [2.45, 2.75) is 38.6 Å².